The fourth-order valence-corrected chi connectivity index (χ4v) is 10.3. The van der Waals surface area contributed by atoms with E-state index in [0.29, 0.717) is 50.3 Å². The smallest absolute Gasteiger partial charge is 0.389 e. The van der Waals surface area contributed by atoms with Crippen molar-refractivity contribution >= 4 is 78.4 Å². The molecule has 3 unspecified atom stereocenters. The van der Waals surface area contributed by atoms with Crippen molar-refractivity contribution in [1.29, 1.82) is 0 Å². The third kappa shape index (κ3) is 8.78. The quantitative estimate of drug-likeness (QED) is 0.327. The summed E-state index contributed by atoms with van der Waals surface area (Å²) < 4.78 is 31.6. The predicted molar refractivity (Wildman–Crippen MR) is 138 cm³/mol. The lowest BCUT2D eigenvalue weighted by molar-refractivity contribution is 0.198. The van der Waals surface area contributed by atoms with Gasteiger partial charge in [0.1, 0.15) is 17.3 Å². The van der Waals surface area contributed by atoms with Gasteiger partial charge in [-0.1, -0.05) is 20.8 Å². The average Bonchev–Trinajstić information content (AvgIpc) is 3.08. The van der Waals surface area contributed by atoms with E-state index in [9.17, 15) is 4.57 Å². The van der Waals surface area contributed by atoms with E-state index < -0.39 is 7.82 Å². The summed E-state index contributed by atoms with van der Waals surface area (Å²) in [7, 11) is -3.83. The van der Waals surface area contributed by atoms with Crippen molar-refractivity contribution in [2.24, 2.45) is 0 Å². The number of hydrogen-bond acceptors (Lipinski definition) is 10. The Balaban J connectivity index is 1.76. The Morgan fingerprint density at radius 3 is 1.31 bits per heavy atom. The maximum atomic E-state index is 13.8. The number of rotatable bonds is 6. The van der Waals surface area contributed by atoms with Gasteiger partial charge in [0, 0.05) is 49.2 Å². The molecule has 164 valence electrons. The lowest BCUT2D eigenvalue weighted by Crippen LogP contribution is -2.04. The Hall–Kier alpha value is 0.950. The Labute approximate surface area is 199 Å². The minimum absolute atomic E-state index is 0.500. The van der Waals surface area contributed by atoms with Gasteiger partial charge in [0.2, 0.25) is 0 Å². The van der Waals surface area contributed by atoms with Crippen LogP contribution in [0, 0.1) is 0 Å². The number of phosphoric ester groups is 1. The van der Waals surface area contributed by atoms with Crippen molar-refractivity contribution in [3.05, 3.63) is 33.5 Å². The summed E-state index contributed by atoms with van der Waals surface area (Å²) >= 11 is 10.4. The zero-order valence-electron chi connectivity index (χ0n) is 16.7. The molecule has 0 amide bonds. The van der Waals surface area contributed by atoms with Gasteiger partial charge in [-0.3, -0.25) is 0 Å². The monoisotopic (exact) mass is 530 g/mol. The fourth-order valence-electron chi connectivity index (χ4n) is 2.40. The van der Waals surface area contributed by atoms with Crippen LogP contribution in [-0.2, 0) is 18.1 Å². The molecule has 3 aliphatic heterocycles. The molecule has 0 spiro atoms. The van der Waals surface area contributed by atoms with Crippen LogP contribution in [0.4, 0.5) is 0 Å². The highest BCUT2D eigenvalue weighted by atomic mass is 32.2. The van der Waals surface area contributed by atoms with E-state index in [1.54, 1.807) is 70.6 Å². The largest absolute Gasteiger partial charge is 0.646 e. The van der Waals surface area contributed by atoms with Crippen LogP contribution in [0.3, 0.4) is 0 Å². The maximum absolute atomic E-state index is 13.8. The number of thioether (sulfide) groups is 6. The Morgan fingerprint density at radius 1 is 0.690 bits per heavy atom. The molecule has 0 aromatic carbocycles. The molecule has 3 rings (SSSR count). The van der Waals surface area contributed by atoms with Gasteiger partial charge in [0.15, 0.2) is 0 Å². The van der Waals surface area contributed by atoms with Gasteiger partial charge >= 0.3 is 7.82 Å². The van der Waals surface area contributed by atoms with Gasteiger partial charge in [-0.15, -0.1) is 35.3 Å². The minimum Gasteiger partial charge on any atom is -0.389 e. The summed E-state index contributed by atoms with van der Waals surface area (Å²) in [6, 6.07) is 0. The first-order chi connectivity index (χ1) is 13.9. The Bertz CT molecular complexity index is 607. The van der Waals surface area contributed by atoms with Gasteiger partial charge in [0.05, 0.1) is 17.3 Å². The molecule has 11 heteroatoms. The molecule has 0 aliphatic carbocycles. The first kappa shape index (κ1) is 24.6. The summed E-state index contributed by atoms with van der Waals surface area (Å²) in [5.74, 6) is 7.12. The molecular weight excluding hydrogens is 504 g/mol. The molecule has 4 nitrogen and oxygen atoms in total. The van der Waals surface area contributed by atoms with Crippen molar-refractivity contribution in [3.8, 4) is 0 Å². The SMILES string of the molecule is CC1CSCC(OP(=O)(OC2=CSC(C)CSC2)OC2=CSC(C)CSC2)=CS1. The zero-order chi connectivity index (χ0) is 20.7. The van der Waals surface area contributed by atoms with Crippen LogP contribution in [0.1, 0.15) is 20.8 Å². The Kier molecular flexibility index (Phi) is 10.4. The molecule has 0 aromatic rings. The molecule has 0 saturated carbocycles. The predicted octanol–water partition coefficient (Wildman–Crippen LogP) is 7.27. The third-order valence-corrected chi connectivity index (χ3v) is 12.5. The third-order valence-electron chi connectivity index (χ3n) is 3.77. The molecule has 3 heterocycles. The van der Waals surface area contributed by atoms with Crippen LogP contribution in [0.25, 0.3) is 0 Å². The second kappa shape index (κ2) is 12.3. The highest BCUT2D eigenvalue weighted by Crippen LogP contribution is 2.57. The maximum Gasteiger partial charge on any atom is 0.646 e. The van der Waals surface area contributed by atoms with Gasteiger partial charge in [0.25, 0.3) is 0 Å². The fraction of sp³-hybridized carbons (Fsp3) is 0.667. The topological polar surface area (TPSA) is 44.8 Å². The molecule has 0 saturated heterocycles. The summed E-state index contributed by atoms with van der Waals surface area (Å²) in [6.45, 7) is 6.55. The molecule has 3 atom stereocenters. The molecule has 0 radical (unpaired) electrons. The van der Waals surface area contributed by atoms with Crippen LogP contribution in [0.5, 0.6) is 0 Å². The van der Waals surface area contributed by atoms with Gasteiger partial charge in [-0.25, -0.2) is 0 Å². The molecule has 0 bridgehead atoms. The molecule has 3 aliphatic rings. The van der Waals surface area contributed by atoms with Gasteiger partial charge in [-0.2, -0.15) is 39.9 Å². The van der Waals surface area contributed by atoms with Crippen molar-refractivity contribution in [2.75, 3.05) is 34.5 Å². The molecule has 0 N–H and O–H groups in total. The van der Waals surface area contributed by atoms with Gasteiger partial charge < -0.3 is 13.6 Å². The standard InChI is InChI=1S/C18H27O4PS6/c1-13-4-24-7-16(10-27-13)20-23(19,21-17-8-25-5-14(2)28-11-17)22-18-9-26-6-15(3)29-12-18/h10-15H,4-9H2,1-3H3. The Morgan fingerprint density at radius 2 is 1.00 bits per heavy atom. The van der Waals surface area contributed by atoms with Crippen LogP contribution < -0.4 is 0 Å². The summed E-state index contributed by atoms with van der Waals surface area (Å²) in [5.41, 5.74) is 0. The summed E-state index contributed by atoms with van der Waals surface area (Å²) in [6.07, 6.45) is 0. The van der Waals surface area contributed by atoms with Crippen molar-refractivity contribution in [2.45, 2.75) is 36.5 Å². The number of phosphoric acid groups is 1. The van der Waals surface area contributed by atoms with Crippen molar-refractivity contribution in [1.82, 2.24) is 0 Å². The molecule has 29 heavy (non-hydrogen) atoms. The highest BCUT2D eigenvalue weighted by Gasteiger charge is 2.36. The van der Waals surface area contributed by atoms with Gasteiger partial charge in [-0.05, 0) is 0 Å². The molecular formula is C18H27O4PS6. The van der Waals surface area contributed by atoms with Crippen molar-refractivity contribution in [3.63, 3.8) is 0 Å². The summed E-state index contributed by atoms with van der Waals surface area (Å²) in [5, 5.41) is 7.39. The first-order valence-electron chi connectivity index (χ1n) is 9.37. The van der Waals surface area contributed by atoms with E-state index in [4.69, 9.17) is 13.6 Å². The highest BCUT2D eigenvalue weighted by molar-refractivity contribution is 8.06. The molecule has 0 aromatic heterocycles. The van der Waals surface area contributed by atoms with E-state index in [0.717, 1.165) is 17.3 Å². The average molecular weight is 531 g/mol. The van der Waals surface area contributed by atoms with E-state index in [1.807, 2.05) is 16.2 Å². The lowest BCUT2D eigenvalue weighted by Gasteiger charge is -2.22. The van der Waals surface area contributed by atoms with E-state index in [2.05, 4.69) is 20.8 Å². The first-order valence-corrected chi connectivity index (χ1v) is 17.1. The van der Waals surface area contributed by atoms with E-state index >= 15 is 0 Å². The minimum atomic E-state index is -3.83. The lowest BCUT2D eigenvalue weighted by atomic mass is 10.6. The van der Waals surface area contributed by atoms with Crippen LogP contribution >= 0.6 is 78.4 Å². The second-order valence-corrected chi connectivity index (χ2v) is 15.3. The van der Waals surface area contributed by atoms with E-state index in [-0.39, 0.29) is 0 Å². The summed E-state index contributed by atoms with van der Waals surface area (Å²) in [4.78, 5) is 0. The van der Waals surface area contributed by atoms with Crippen LogP contribution in [0.2, 0.25) is 0 Å². The molecule has 0 fully saturated rings. The van der Waals surface area contributed by atoms with Crippen LogP contribution in [-0.4, -0.2) is 50.3 Å². The van der Waals surface area contributed by atoms with Crippen molar-refractivity contribution < 1.29 is 18.1 Å². The van der Waals surface area contributed by atoms with E-state index in [1.165, 1.54) is 0 Å². The zero-order valence-corrected chi connectivity index (χ0v) is 22.5. The normalized spacial score (nSPS) is 31.0. The second-order valence-electron chi connectivity index (χ2n) is 6.86. The number of hydrogen-bond donors (Lipinski definition) is 0. The van der Waals surface area contributed by atoms with Crippen LogP contribution in [0.15, 0.2) is 33.5 Å².